The molecule has 1 aliphatic rings. The van der Waals surface area contributed by atoms with Crippen LogP contribution in [0.1, 0.15) is 31.0 Å². The summed E-state index contributed by atoms with van der Waals surface area (Å²) in [5.41, 5.74) is 2.33. The highest BCUT2D eigenvalue weighted by atomic mass is 28.3. The van der Waals surface area contributed by atoms with Crippen molar-refractivity contribution >= 4 is 24.9 Å². The van der Waals surface area contributed by atoms with Crippen molar-refractivity contribution in [2.24, 2.45) is 5.41 Å². The summed E-state index contributed by atoms with van der Waals surface area (Å²) < 4.78 is 49.6. The quantitative estimate of drug-likeness (QED) is 0.115. The van der Waals surface area contributed by atoms with Gasteiger partial charge in [-0.15, -0.1) is 0 Å². The predicted octanol–water partition coefficient (Wildman–Crippen LogP) is 7.28. The third-order valence-electron chi connectivity index (χ3n) is 7.71. The fourth-order valence-electron chi connectivity index (χ4n) is 5.02. The number of pyridine rings is 2. The van der Waals surface area contributed by atoms with Crippen LogP contribution in [0, 0.1) is 28.4 Å². The van der Waals surface area contributed by atoms with E-state index in [1.807, 2.05) is 16.8 Å². The molecule has 0 spiro atoms. The number of rotatable bonds is 13. The van der Waals surface area contributed by atoms with E-state index in [4.69, 9.17) is 14.2 Å². The Hall–Kier alpha value is -3.98. The third-order valence-corrected chi connectivity index (χ3v) is 9.42. The van der Waals surface area contributed by atoms with Crippen LogP contribution in [0.3, 0.4) is 0 Å². The van der Waals surface area contributed by atoms with Crippen molar-refractivity contribution in [1.82, 2.24) is 14.5 Å². The van der Waals surface area contributed by atoms with E-state index in [1.54, 1.807) is 24.4 Å². The second kappa shape index (κ2) is 12.9. The first-order valence-electron chi connectivity index (χ1n) is 14.6. The van der Waals surface area contributed by atoms with Gasteiger partial charge >= 0.3 is 0 Å². The molecule has 0 aliphatic carbocycles. The Bertz CT molecular complexity index is 1680. The lowest BCUT2D eigenvalue weighted by molar-refractivity contribution is -0.125. The highest BCUT2D eigenvalue weighted by Crippen LogP contribution is 2.39. The number of carbonyl (C=O) groups excluding carboxylic acids is 1. The third kappa shape index (κ3) is 7.38. The number of hydrogen-bond acceptors (Lipinski definition) is 7. The van der Waals surface area contributed by atoms with E-state index >= 15 is 8.78 Å². The molecule has 1 aromatic carbocycles. The Morgan fingerprint density at radius 2 is 1.91 bits per heavy atom. The van der Waals surface area contributed by atoms with Crippen molar-refractivity contribution in [2.45, 2.75) is 58.6 Å². The molecule has 1 fully saturated rings. The smallest absolute Gasteiger partial charge is 0.198 e. The summed E-state index contributed by atoms with van der Waals surface area (Å²) in [6, 6.07) is 10.2. The molecule has 4 aromatic rings. The summed E-state index contributed by atoms with van der Waals surface area (Å²) in [5.74, 6) is -2.29. The molecular formula is C33H36F2N4O4Si. The summed E-state index contributed by atoms with van der Waals surface area (Å²) in [5, 5.41) is 9.71. The maximum atomic E-state index is 15.3. The zero-order chi connectivity index (χ0) is 31.5. The van der Waals surface area contributed by atoms with Gasteiger partial charge < -0.3 is 18.8 Å². The first-order valence-corrected chi connectivity index (χ1v) is 18.3. The number of nitriles is 1. The number of hydrogen-bond donors (Lipinski definition) is 0. The van der Waals surface area contributed by atoms with Crippen LogP contribution in [-0.4, -0.2) is 48.2 Å². The minimum atomic E-state index is -1.29. The van der Waals surface area contributed by atoms with Gasteiger partial charge in [0.15, 0.2) is 17.4 Å². The highest BCUT2D eigenvalue weighted by molar-refractivity contribution is 6.76. The fraction of sp³-hybridized carbons (Fsp3) is 0.394. The van der Waals surface area contributed by atoms with Crippen molar-refractivity contribution in [1.29, 1.82) is 5.26 Å². The Balaban J connectivity index is 1.43. The van der Waals surface area contributed by atoms with E-state index in [0.29, 0.717) is 54.8 Å². The maximum Gasteiger partial charge on any atom is 0.198 e. The average Bonchev–Trinajstić information content (AvgIpc) is 3.34. The van der Waals surface area contributed by atoms with Crippen LogP contribution in [0.5, 0.6) is 11.5 Å². The second-order valence-electron chi connectivity index (χ2n) is 12.9. The van der Waals surface area contributed by atoms with E-state index in [2.05, 4.69) is 36.5 Å². The fourth-order valence-corrected chi connectivity index (χ4v) is 5.78. The first-order chi connectivity index (χ1) is 20.9. The van der Waals surface area contributed by atoms with Crippen LogP contribution in [0.25, 0.3) is 22.2 Å². The zero-order valence-electron chi connectivity index (χ0n) is 25.5. The van der Waals surface area contributed by atoms with Gasteiger partial charge in [-0.1, -0.05) is 26.6 Å². The Morgan fingerprint density at radius 3 is 2.52 bits per heavy atom. The number of ketones is 1. The standard InChI is InChI=1S/C33H36F2N4O4Si/c1-33(19-42-20-33)9-7-25(40)13-22-14-27(34)31(28(35)15-22)43-29-8-10-37-32-30(29)26(23-5-6-24(16-36)38-17-23)18-39(32)21-41-11-12-44(2,3)4/h5-6,8,10,14-15,17-18H,7,9,11-13,19-21H2,1-4H3. The molecule has 0 saturated carbocycles. The van der Waals surface area contributed by atoms with Crippen LogP contribution < -0.4 is 4.74 Å². The van der Waals surface area contributed by atoms with E-state index in [9.17, 15) is 10.1 Å². The van der Waals surface area contributed by atoms with Crippen LogP contribution >= 0.6 is 0 Å². The van der Waals surface area contributed by atoms with Gasteiger partial charge in [-0.3, -0.25) is 4.79 Å². The topological polar surface area (TPSA) is 99.3 Å². The zero-order valence-corrected chi connectivity index (χ0v) is 26.5. The van der Waals surface area contributed by atoms with Crippen LogP contribution in [-0.2, 0) is 27.4 Å². The molecule has 0 amide bonds. The van der Waals surface area contributed by atoms with Crippen LogP contribution in [0.2, 0.25) is 25.7 Å². The van der Waals surface area contributed by atoms with Crippen molar-refractivity contribution < 1.29 is 27.8 Å². The van der Waals surface area contributed by atoms with Crippen molar-refractivity contribution in [2.75, 3.05) is 19.8 Å². The Kier molecular flexibility index (Phi) is 9.25. The second-order valence-corrected chi connectivity index (χ2v) is 18.5. The van der Waals surface area contributed by atoms with Gasteiger partial charge in [0, 0.05) is 62.7 Å². The monoisotopic (exact) mass is 618 g/mol. The molecular weight excluding hydrogens is 582 g/mol. The lowest BCUT2D eigenvalue weighted by Crippen LogP contribution is -2.40. The minimum absolute atomic E-state index is 0.00847. The van der Waals surface area contributed by atoms with E-state index in [0.717, 1.165) is 18.2 Å². The average molecular weight is 619 g/mol. The summed E-state index contributed by atoms with van der Waals surface area (Å²) >= 11 is 0. The van der Waals surface area contributed by atoms with E-state index in [1.165, 1.54) is 6.20 Å². The number of ether oxygens (including phenoxy) is 3. The van der Waals surface area contributed by atoms with Gasteiger partial charge in [-0.2, -0.15) is 5.26 Å². The molecule has 0 bridgehead atoms. The molecule has 0 N–H and O–H groups in total. The summed E-state index contributed by atoms with van der Waals surface area (Å²) in [4.78, 5) is 21.3. The summed E-state index contributed by atoms with van der Waals surface area (Å²) in [6.07, 6.45) is 5.83. The molecule has 3 aromatic heterocycles. The molecule has 44 heavy (non-hydrogen) atoms. The summed E-state index contributed by atoms with van der Waals surface area (Å²) in [6.45, 7) is 10.9. The molecule has 0 unspecified atom stereocenters. The number of nitrogens with zero attached hydrogens (tertiary/aromatic N) is 4. The van der Waals surface area contributed by atoms with E-state index < -0.39 is 25.5 Å². The minimum Gasteiger partial charge on any atom is -0.450 e. The van der Waals surface area contributed by atoms with Gasteiger partial charge in [-0.05, 0) is 48.4 Å². The number of carbonyl (C=O) groups is 1. The molecule has 11 heteroatoms. The lowest BCUT2D eigenvalue weighted by Gasteiger charge is -2.37. The number of halogens is 2. The van der Waals surface area contributed by atoms with Gasteiger partial charge in [0.25, 0.3) is 0 Å². The predicted molar refractivity (Wildman–Crippen MR) is 165 cm³/mol. The molecule has 5 rings (SSSR count). The van der Waals surface area contributed by atoms with Gasteiger partial charge in [0.2, 0.25) is 0 Å². The molecule has 230 valence electrons. The number of benzene rings is 1. The van der Waals surface area contributed by atoms with Crippen molar-refractivity contribution in [3.8, 4) is 28.7 Å². The first kappa shape index (κ1) is 31.4. The molecule has 1 aliphatic heterocycles. The van der Waals surface area contributed by atoms with Gasteiger partial charge in [0.1, 0.15) is 35.7 Å². The van der Waals surface area contributed by atoms with Crippen LogP contribution in [0.4, 0.5) is 8.78 Å². The van der Waals surface area contributed by atoms with Gasteiger partial charge in [-0.25, -0.2) is 18.7 Å². The Labute approximate surface area is 256 Å². The number of Topliss-reactive ketones (excluding diaryl/α,β-unsaturated/α-hetero) is 1. The molecule has 0 radical (unpaired) electrons. The molecule has 8 nitrogen and oxygen atoms in total. The SMILES string of the molecule is CC1(CCC(=O)Cc2cc(F)c(Oc3ccnc4c3c(-c3ccc(C#N)nc3)cn4COCC[Si](C)(C)C)c(F)c2)COC1. The molecule has 1 saturated heterocycles. The highest BCUT2D eigenvalue weighted by Gasteiger charge is 2.33. The maximum absolute atomic E-state index is 15.3. The lowest BCUT2D eigenvalue weighted by atomic mass is 9.82. The Morgan fingerprint density at radius 1 is 1.16 bits per heavy atom. The van der Waals surface area contributed by atoms with Crippen molar-refractivity contribution in [3.63, 3.8) is 0 Å². The normalized spacial score (nSPS) is 14.3. The number of fused-ring (bicyclic) bond motifs is 1. The van der Waals surface area contributed by atoms with Crippen LogP contribution in [0.15, 0.2) is 48.9 Å². The molecule has 0 atom stereocenters. The largest absolute Gasteiger partial charge is 0.450 e. The number of aromatic nitrogens is 3. The molecule has 4 heterocycles. The van der Waals surface area contributed by atoms with Crippen molar-refractivity contribution in [3.05, 3.63) is 71.8 Å². The van der Waals surface area contributed by atoms with Gasteiger partial charge in [0.05, 0.1) is 18.6 Å². The van der Waals surface area contributed by atoms with E-state index in [-0.39, 0.29) is 41.4 Å². The summed E-state index contributed by atoms with van der Waals surface area (Å²) in [7, 11) is -1.29.